The second kappa shape index (κ2) is 9.40. The molecule has 2 aromatic carbocycles. The molecule has 1 saturated heterocycles. The molecule has 9 heteroatoms. The van der Waals surface area contributed by atoms with Crippen LogP contribution in [0.5, 0.6) is 5.75 Å². The van der Waals surface area contributed by atoms with Crippen LogP contribution in [0.3, 0.4) is 0 Å². The highest BCUT2D eigenvalue weighted by atomic mass is 35.5. The molecule has 1 unspecified atom stereocenters. The van der Waals surface area contributed by atoms with Crippen LogP contribution in [0, 0.1) is 0 Å². The van der Waals surface area contributed by atoms with Crippen LogP contribution in [0.4, 0.5) is 4.79 Å². The summed E-state index contributed by atoms with van der Waals surface area (Å²) in [6, 6.07) is 12.1. The Hall–Kier alpha value is -2.74. The van der Waals surface area contributed by atoms with Gasteiger partial charge in [0.2, 0.25) is 0 Å². The van der Waals surface area contributed by atoms with Crippen molar-refractivity contribution in [1.29, 1.82) is 0 Å². The van der Waals surface area contributed by atoms with E-state index in [1.54, 1.807) is 35.2 Å². The molecule has 2 N–H and O–H groups in total. The van der Waals surface area contributed by atoms with Crippen LogP contribution < -0.4 is 10.1 Å². The molecule has 0 aromatic heterocycles. The van der Waals surface area contributed by atoms with Gasteiger partial charge in [-0.1, -0.05) is 41.9 Å². The van der Waals surface area contributed by atoms with Crippen LogP contribution in [0.1, 0.15) is 36.2 Å². The molecule has 0 saturated carbocycles. The van der Waals surface area contributed by atoms with Gasteiger partial charge in [0.25, 0.3) is 5.91 Å². The zero-order valence-electron chi connectivity index (χ0n) is 17.1. The molecule has 0 aliphatic carbocycles. The van der Waals surface area contributed by atoms with Gasteiger partial charge in [0.1, 0.15) is 11.9 Å². The lowest BCUT2D eigenvalue weighted by molar-refractivity contribution is -0.129. The van der Waals surface area contributed by atoms with E-state index < -0.39 is 24.2 Å². The maximum Gasteiger partial charge on any atom is 0.410 e. The number of carbonyl (C=O) groups is 2. The highest BCUT2D eigenvalue weighted by molar-refractivity contribution is 6.30. The van der Waals surface area contributed by atoms with Gasteiger partial charge in [0, 0.05) is 40.7 Å². The topological polar surface area (TPSA) is 88.1 Å². The first kappa shape index (κ1) is 22.5. The average molecular weight is 477 g/mol. The fourth-order valence-corrected chi connectivity index (χ4v) is 4.01. The van der Waals surface area contributed by atoms with Crippen molar-refractivity contribution in [1.82, 2.24) is 10.2 Å². The molecule has 7 nitrogen and oxygen atoms in total. The van der Waals surface area contributed by atoms with Gasteiger partial charge in [-0.05, 0) is 35.9 Å². The monoisotopic (exact) mass is 476 g/mol. The van der Waals surface area contributed by atoms with Crippen LogP contribution in [-0.4, -0.2) is 41.2 Å². The molecule has 3 atom stereocenters. The van der Waals surface area contributed by atoms with Crippen molar-refractivity contribution in [2.45, 2.75) is 31.2 Å². The van der Waals surface area contributed by atoms with Gasteiger partial charge >= 0.3 is 6.09 Å². The summed E-state index contributed by atoms with van der Waals surface area (Å²) in [5, 5.41) is 14.2. The van der Waals surface area contributed by atoms with Gasteiger partial charge in [-0.2, -0.15) is 0 Å². The Morgan fingerprint density at radius 3 is 2.62 bits per heavy atom. The molecule has 2 aliphatic heterocycles. The number of aliphatic hydroxyl groups excluding tert-OH is 1. The minimum absolute atomic E-state index is 0.105. The third-order valence-corrected chi connectivity index (χ3v) is 5.93. The largest absolute Gasteiger partial charge is 0.480 e. The molecule has 168 valence electrons. The third kappa shape index (κ3) is 5.01. The number of hydrogen-bond acceptors (Lipinski definition) is 5. The van der Waals surface area contributed by atoms with Gasteiger partial charge in [-0.25, -0.2) is 4.79 Å². The van der Waals surface area contributed by atoms with Gasteiger partial charge in [-0.15, -0.1) is 0 Å². The van der Waals surface area contributed by atoms with Gasteiger partial charge in [-0.3, -0.25) is 4.79 Å². The Morgan fingerprint density at radius 2 is 1.88 bits per heavy atom. The van der Waals surface area contributed by atoms with Gasteiger partial charge in [0.05, 0.1) is 12.6 Å². The second-order valence-electron chi connectivity index (χ2n) is 7.75. The molecule has 1 fully saturated rings. The fourth-order valence-electron chi connectivity index (χ4n) is 3.71. The molecule has 0 spiro atoms. The number of benzene rings is 2. The highest BCUT2D eigenvalue weighted by Crippen LogP contribution is 2.36. The molecule has 2 heterocycles. The van der Waals surface area contributed by atoms with Crippen LogP contribution >= 0.6 is 23.2 Å². The summed E-state index contributed by atoms with van der Waals surface area (Å²) in [6.45, 7) is 4.62. The second-order valence-corrected chi connectivity index (χ2v) is 8.63. The zero-order chi connectivity index (χ0) is 22.8. The molecule has 4 rings (SSSR count). The number of nitrogens with zero attached hydrogens (tertiary/aromatic N) is 1. The van der Waals surface area contributed by atoms with E-state index in [4.69, 9.17) is 32.7 Å². The molecule has 2 aliphatic rings. The molecule has 0 bridgehead atoms. The summed E-state index contributed by atoms with van der Waals surface area (Å²) in [6.07, 6.45) is -2.04. The van der Waals surface area contributed by atoms with Crippen molar-refractivity contribution >= 4 is 35.2 Å². The summed E-state index contributed by atoms with van der Waals surface area (Å²) < 4.78 is 11.2. The van der Waals surface area contributed by atoms with Crippen molar-refractivity contribution in [3.63, 3.8) is 0 Å². The average Bonchev–Trinajstić information content (AvgIpc) is 3.13. The minimum Gasteiger partial charge on any atom is -0.480 e. The Kier molecular flexibility index (Phi) is 6.60. The van der Waals surface area contributed by atoms with Gasteiger partial charge in [0.15, 0.2) is 6.10 Å². The first-order valence-corrected chi connectivity index (χ1v) is 10.9. The number of cyclic esters (lactones) is 1. The first-order chi connectivity index (χ1) is 15.3. The normalized spacial score (nSPS) is 22.0. The van der Waals surface area contributed by atoms with E-state index >= 15 is 0 Å². The predicted octanol–water partition coefficient (Wildman–Crippen LogP) is 4.39. The van der Waals surface area contributed by atoms with Crippen LogP contribution in [0.25, 0.3) is 0 Å². The number of carbonyl (C=O) groups excluding carboxylic acids is 2. The van der Waals surface area contributed by atoms with Crippen molar-refractivity contribution in [3.05, 3.63) is 75.9 Å². The quantitative estimate of drug-likeness (QED) is 0.645. The van der Waals surface area contributed by atoms with E-state index in [-0.39, 0.29) is 12.5 Å². The number of halogens is 2. The van der Waals surface area contributed by atoms with Crippen molar-refractivity contribution in [2.75, 3.05) is 13.1 Å². The molecule has 2 aromatic rings. The highest BCUT2D eigenvalue weighted by Gasteiger charge is 2.34. The molecule has 32 heavy (non-hydrogen) atoms. The van der Waals surface area contributed by atoms with Crippen LogP contribution in [0.2, 0.25) is 10.0 Å². The Bertz CT molecular complexity index is 1040. The van der Waals surface area contributed by atoms with Crippen LogP contribution in [-0.2, 0) is 9.53 Å². The van der Waals surface area contributed by atoms with E-state index in [1.165, 1.54) is 0 Å². The molecular weight excluding hydrogens is 455 g/mol. The number of aliphatic hydroxyl groups is 1. The van der Waals surface area contributed by atoms with E-state index in [0.717, 1.165) is 5.56 Å². The van der Waals surface area contributed by atoms with Crippen molar-refractivity contribution in [2.24, 2.45) is 0 Å². The fraction of sp³-hybridized carbons (Fsp3) is 0.304. The Balaban J connectivity index is 1.28. The molecule has 0 radical (unpaired) electrons. The summed E-state index contributed by atoms with van der Waals surface area (Å²) in [4.78, 5) is 26.4. The maximum atomic E-state index is 12.6. The summed E-state index contributed by atoms with van der Waals surface area (Å²) in [5.41, 5.74) is 1.87. The summed E-state index contributed by atoms with van der Waals surface area (Å²) >= 11 is 11.9. The van der Waals surface area contributed by atoms with E-state index in [1.807, 2.05) is 12.1 Å². The standard InChI is InChI=1S/C23H22Cl2N2O5/c1-13(8-9-27-12-21(32-23(27)30)14-2-4-15(24)5-3-14)26-22(29)20-11-18(28)17-10-16(25)6-7-19(17)31-20/h2-7,10,18,20-21,28H,1,8-9,11-12H2,(H,26,29)/t18-,20+,21?/m1/s1. The SMILES string of the molecule is C=C(CCN1CC(c2ccc(Cl)cc2)OC1=O)NC(=O)[C@@H]1C[C@@H](O)c2cc(Cl)ccc2O1. The number of fused-ring (bicyclic) bond motifs is 1. The predicted molar refractivity (Wildman–Crippen MR) is 120 cm³/mol. The minimum atomic E-state index is -0.860. The number of nitrogens with one attached hydrogen (secondary N) is 1. The molecule has 2 amide bonds. The maximum absolute atomic E-state index is 12.6. The smallest absolute Gasteiger partial charge is 0.410 e. The Morgan fingerprint density at radius 1 is 1.16 bits per heavy atom. The van der Waals surface area contributed by atoms with Crippen molar-refractivity contribution < 1.29 is 24.2 Å². The van der Waals surface area contributed by atoms with Gasteiger partial charge < -0.3 is 24.8 Å². The summed E-state index contributed by atoms with van der Waals surface area (Å²) in [7, 11) is 0. The lowest BCUT2D eigenvalue weighted by Crippen LogP contribution is -2.41. The number of rotatable bonds is 6. The third-order valence-electron chi connectivity index (χ3n) is 5.44. The van der Waals surface area contributed by atoms with E-state index in [2.05, 4.69) is 11.9 Å². The van der Waals surface area contributed by atoms with E-state index in [9.17, 15) is 14.7 Å². The summed E-state index contributed by atoms with van der Waals surface area (Å²) in [5.74, 6) is 0.0182. The lowest BCUT2D eigenvalue weighted by atomic mass is 9.98. The zero-order valence-corrected chi connectivity index (χ0v) is 18.6. The Labute approximate surface area is 195 Å². The number of hydrogen-bond donors (Lipinski definition) is 2. The lowest BCUT2D eigenvalue weighted by Gasteiger charge is -2.29. The number of amides is 2. The van der Waals surface area contributed by atoms with Crippen LogP contribution in [0.15, 0.2) is 54.7 Å². The van der Waals surface area contributed by atoms with Crippen molar-refractivity contribution in [3.8, 4) is 5.75 Å². The first-order valence-electron chi connectivity index (χ1n) is 10.1. The molecular formula is C23H22Cl2N2O5. The van der Waals surface area contributed by atoms with E-state index in [0.29, 0.717) is 46.6 Å². The number of ether oxygens (including phenoxy) is 2.